The Hall–Kier alpha value is -1.12. The van der Waals surface area contributed by atoms with Gasteiger partial charge in [0, 0.05) is 0 Å². The Balaban J connectivity index is 4.77. The first-order valence-electron chi connectivity index (χ1n) is 6.33. The van der Waals surface area contributed by atoms with Crippen LogP contribution in [0.15, 0.2) is 50.6 Å². The van der Waals surface area contributed by atoms with E-state index in [2.05, 4.69) is 33.2 Å². The van der Waals surface area contributed by atoms with E-state index in [1.807, 2.05) is 12.2 Å². The maximum absolute atomic E-state index is 5.89. The zero-order valence-electron chi connectivity index (χ0n) is 11.6. The number of rotatable bonds is 12. The van der Waals surface area contributed by atoms with E-state index in [1.54, 1.807) is 12.2 Å². The molecule has 2 atom stereocenters. The first-order valence-corrected chi connectivity index (χ1v) is 6.33. The van der Waals surface area contributed by atoms with Gasteiger partial charge in [0.25, 0.3) is 0 Å². The van der Waals surface area contributed by atoms with Crippen molar-refractivity contribution < 1.29 is 9.47 Å². The highest BCUT2D eigenvalue weighted by Gasteiger charge is 2.34. The minimum Gasteiger partial charge on any atom is -0.371 e. The summed E-state index contributed by atoms with van der Waals surface area (Å²) in [7, 11) is 0. The lowest BCUT2D eigenvalue weighted by atomic mass is 9.91. The van der Waals surface area contributed by atoms with Crippen molar-refractivity contribution in [3.63, 3.8) is 0 Å². The van der Waals surface area contributed by atoms with E-state index in [9.17, 15) is 0 Å². The average molecular weight is 250 g/mol. The standard InChI is InChI=1S/C16H26O2/c1-6-10-11-15(17-13-8-3)16(5,12-7-2)18-14-9-4/h6-9,15H,1-4,10-14H2,5H3/t15-,16-/m1/s1. The Morgan fingerprint density at radius 2 is 1.67 bits per heavy atom. The highest BCUT2D eigenvalue weighted by molar-refractivity contribution is 4.94. The predicted molar refractivity (Wildman–Crippen MR) is 78.7 cm³/mol. The lowest BCUT2D eigenvalue weighted by Gasteiger charge is -2.36. The molecule has 0 saturated carbocycles. The molecule has 0 rings (SSSR count). The van der Waals surface area contributed by atoms with Gasteiger partial charge in [-0.25, -0.2) is 0 Å². The van der Waals surface area contributed by atoms with Crippen molar-refractivity contribution in [1.29, 1.82) is 0 Å². The molecule has 0 N–H and O–H groups in total. The van der Waals surface area contributed by atoms with Gasteiger partial charge < -0.3 is 9.47 Å². The van der Waals surface area contributed by atoms with Gasteiger partial charge in [0.15, 0.2) is 0 Å². The average Bonchev–Trinajstić information content (AvgIpc) is 2.37. The molecular formula is C16H26O2. The fraction of sp³-hybridized carbons (Fsp3) is 0.500. The molecule has 0 aromatic rings. The van der Waals surface area contributed by atoms with Crippen LogP contribution >= 0.6 is 0 Å². The van der Waals surface area contributed by atoms with Crippen molar-refractivity contribution >= 4 is 0 Å². The molecule has 0 fully saturated rings. The van der Waals surface area contributed by atoms with Gasteiger partial charge in [0.1, 0.15) is 0 Å². The highest BCUT2D eigenvalue weighted by atomic mass is 16.5. The molecule has 0 aromatic heterocycles. The van der Waals surface area contributed by atoms with Crippen LogP contribution in [0.25, 0.3) is 0 Å². The normalized spacial score (nSPS) is 15.4. The molecule has 0 unspecified atom stereocenters. The second kappa shape index (κ2) is 9.86. The number of ether oxygens (including phenoxy) is 2. The van der Waals surface area contributed by atoms with E-state index >= 15 is 0 Å². The fourth-order valence-electron chi connectivity index (χ4n) is 1.84. The third-order valence-corrected chi connectivity index (χ3v) is 2.81. The Morgan fingerprint density at radius 3 is 2.17 bits per heavy atom. The Morgan fingerprint density at radius 1 is 1.00 bits per heavy atom. The maximum Gasteiger partial charge on any atom is 0.0953 e. The lowest BCUT2D eigenvalue weighted by molar-refractivity contribution is -0.125. The molecule has 0 aliphatic carbocycles. The first-order chi connectivity index (χ1) is 8.64. The van der Waals surface area contributed by atoms with E-state index < -0.39 is 0 Å². The van der Waals surface area contributed by atoms with Gasteiger partial charge in [0.05, 0.1) is 24.9 Å². The summed E-state index contributed by atoms with van der Waals surface area (Å²) >= 11 is 0. The third kappa shape index (κ3) is 5.99. The maximum atomic E-state index is 5.89. The van der Waals surface area contributed by atoms with Gasteiger partial charge in [-0.05, 0) is 26.2 Å². The zero-order valence-corrected chi connectivity index (χ0v) is 11.6. The Bertz CT molecular complexity index is 258. The van der Waals surface area contributed by atoms with Crippen molar-refractivity contribution in [2.45, 2.75) is 37.9 Å². The van der Waals surface area contributed by atoms with Crippen LogP contribution in [0.4, 0.5) is 0 Å². The van der Waals surface area contributed by atoms with Gasteiger partial charge in [-0.3, -0.25) is 0 Å². The van der Waals surface area contributed by atoms with Crippen LogP contribution in [0.1, 0.15) is 26.2 Å². The van der Waals surface area contributed by atoms with Crippen LogP contribution in [0.5, 0.6) is 0 Å². The number of hydrogen-bond donors (Lipinski definition) is 0. The summed E-state index contributed by atoms with van der Waals surface area (Å²) in [4.78, 5) is 0. The minimum absolute atomic E-state index is 0.00792. The van der Waals surface area contributed by atoms with Crippen molar-refractivity contribution in [2.24, 2.45) is 0 Å². The molecule has 0 bridgehead atoms. The zero-order chi connectivity index (χ0) is 13.9. The Kier molecular flexibility index (Phi) is 9.25. The topological polar surface area (TPSA) is 18.5 Å². The summed E-state index contributed by atoms with van der Waals surface area (Å²) in [5, 5.41) is 0. The van der Waals surface area contributed by atoms with E-state index in [-0.39, 0.29) is 11.7 Å². The monoisotopic (exact) mass is 250 g/mol. The van der Waals surface area contributed by atoms with Gasteiger partial charge in [-0.15, -0.1) is 26.3 Å². The molecule has 18 heavy (non-hydrogen) atoms. The molecule has 0 aliphatic heterocycles. The summed E-state index contributed by atoms with van der Waals surface area (Å²) in [5.41, 5.74) is -0.387. The molecule has 0 spiro atoms. The van der Waals surface area contributed by atoms with Crippen molar-refractivity contribution in [2.75, 3.05) is 13.2 Å². The Labute approximate surface area is 112 Å². The highest BCUT2D eigenvalue weighted by Crippen LogP contribution is 2.27. The van der Waals surface area contributed by atoms with Crippen LogP contribution in [-0.2, 0) is 9.47 Å². The quantitative estimate of drug-likeness (QED) is 0.486. The molecule has 0 amide bonds. The van der Waals surface area contributed by atoms with Crippen molar-refractivity contribution in [3.8, 4) is 0 Å². The second-order valence-corrected chi connectivity index (χ2v) is 4.38. The molecule has 0 aliphatic rings. The van der Waals surface area contributed by atoms with E-state index in [4.69, 9.17) is 9.47 Å². The summed E-state index contributed by atoms with van der Waals surface area (Å²) in [6, 6.07) is 0. The largest absolute Gasteiger partial charge is 0.371 e. The van der Waals surface area contributed by atoms with E-state index in [0.717, 1.165) is 19.3 Å². The number of hydrogen-bond acceptors (Lipinski definition) is 2. The minimum atomic E-state index is -0.387. The van der Waals surface area contributed by atoms with Crippen molar-refractivity contribution in [3.05, 3.63) is 50.6 Å². The second-order valence-electron chi connectivity index (χ2n) is 4.38. The van der Waals surface area contributed by atoms with Gasteiger partial charge in [0.2, 0.25) is 0 Å². The smallest absolute Gasteiger partial charge is 0.0953 e. The molecule has 0 aromatic carbocycles. The molecule has 0 radical (unpaired) electrons. The summed E-state index contributed by atoms with van der Waals surface area (Å²) < 4.78 is 11.7. The third-order valence-electron chi connectivity index (χ3n) is 2.81. The van der Waals surface area contributed by atoms with Crippen LogP contribution in [0.2, 0.25) is 0 Å². The van der Waals surface area contributed by atoms with E-state index in [0.29, 0.717) is 13.2 Å². The molecule has 0 saturated heterocycles. The molecule has 2 heteroatoms. The predicted octanol–water partition coefficient (Wildman–Crippen LogP) is 4.06. The van der Waals surface area contributed by atoms with Crippen molar-refractivity contribution in [1.82, 2.24) is 0 Å². The van der Waals surface area contributed by atoms with Crippen LogP contribution in [0, 0.1) is 0 Å². The van der Waals surface area contributed by atoms with E-state index in [1.165, 1.54) is 0 Å². The van der Waals surface area contributed by atoms with Gasteiger partial charge >= 0.3 is 0 Å². The lowest BCUT2D eigenvalue weighted by Crippen LogP contribution is -2.43. The van der Waals surface area contributed by atoms with Crippen LogP contribution in [-0.4, -0.2) is 24.9 Å². The molecular weight excluding hydrogens is 224 g/mol. The number of allylic oxidation sites excluding steroid dienone is 1. The molecule has 102 valence electrons. The van der Waals surface area contributed by atoms with Gasteiger partial charge in [-0.1, -0.05) is 24.3 Å². The summed E-state index contributed by atoms with van der Waals surface area (Å²) in [6.45, 7) is 18.0. The molecule has 0 heterocycles. The first kappa shape index (κ1) is 16.9. The van der Waals surface area contributed by atoms with Crippen LogP contribution < -0.4 is 0 Å². The summed E-state index contributed by atoms with van der Waals surface area (Å²) in [5.74, 6) is 0. The fourth-order valence-corrected chi connectivity index (χ4v) is 1.84. The van der Waals surface area contributed by atoms with Gasteiger partial charge in [-0.2, -0.15) is 0 Å². The molecule has 2 nitrogen and oxygen atoms in total. The SMILES string of the molecule is C=CCC[C@@H](OCC=C)[C@@](C)(CC=C)OCC=C. The summed E-state index contributed by atoms with van der Waals surface area (Å²) in [6.07, 6.45) is 9.76. The van der Waals surface area contributed by atoms with Crippen LogP contribution in [0.3, 0.4) is 0 Å².